The second-order valence-corrected chi connectivity index (χ2v) is 4.72. The van der Waals surface area contributed by atoms with Gasteiger partial charge in [0, 0.05) is 40.1 Å². The molecule has 2 nitrogen and oxygen atoms in total. The Labute approximate surface area is 110 Å². The van der Waals surface area contributed by atoms with E-state index in [9.17, 15) is 0 Å². The Morgan fingerprint density at radius 3 is 2.78 bits per heavy atom. The summed E-state index contributed by atoms with van der Waals surface area (Å²) in [6.45, 7) is 2.02. The number of pyridine rings is 2. The van der Waals surface area contributed by atoms with Gasteiger partial charge in [-0.2, -0.15) is 0 Å². The minimum Gasteiger partial charge on any atom is -0.264 e. The molecule has 0 fully saturated rings. The smallest absolute Gasteiger partial charge is 0.0782 e. The van der Waals surface area contributed by atoms with Crippen LogP contribution in [0, 0.1) is 6.92 Å². The van der Waals surface area contributed by atoms with Crippen LogP contribution in [0.4, 0.5) is 0 Å². The molecule has 1 aromatic carbocycles. The molecule has 0 atom stereocenters. The van der Waals surface area contributed by atoms with E-state index in [2.05, 4.69) is 16.0 Å². The Bertz CT molecular complexity index is 703. The zero-order valence-corrected chi connectivity index (χ0v) is 10.6. The number of nitrogens with zero attached hydrogens (tertiary/aromatic N) is 2. The standard InChI is InChI=1S/C15H11ClN2/c1-10-5-12-6-13(16)7-14(15(12)18-8-10)11-3-2-4-17-9-11/h2-9H,1H3. The maximum atomic E-state index is 6.18. The lowest BCUT2D eigenvalue weighted by Crippen LogP contribution is -1.87. The molecule has 2 heterocycles. The van der Waals surface area contributed by atoms with Crippen molar-refractivity contribution in [1.82, 2.24) is 9.97 Å². The minimum absolute atomic E-state index is 0.716. The van der Waals surface area contributed by atoms with Crippen molar-refractivity contribution in [2.75, 3.05) is 0 Å². The number of aryl methyl sites for hydroxylation is 1. The van der Waals surface area contributed by atoms with Crippen LogP contribution in [-0.4, -0.2) is 9.97 Å². The van der Waals surface area contributed by atoms with Gasteiger partial charge in [-0.15, -0.1) is 0 Å². The molecule has 2 aromatic heterocycles. The average molecular weight is 255 g/mol. The molecule has 0 N–H and O–H groups in total. The third kappa shape index (κ3) is 1.95. The summed E-state index contributed by atoms with van der Waals surface area (Å²) in [5.41, 5.74) is 4.13. The Morgan fingerprint density at radius 1 is 1.11 bits per heavy atom. The van der Waals surface area contributed by atoms with Gasteiger partial charge in [0.1, 0.15) is 0 Å². The van der Waals surface area contributed by atoms with Crippen LogP contribution in [0.5, 0.6) is 0 Å². The number of hydrogen-bond donors (Lipinski definition) is 0. The third-order valence-corrected chi connectivity index (χ3v) is 3.08. The van der Waals surface area contributed by atoms with Gasteiger partial charge in [0.2, 0.25) is 0 Å². The molecule has 0 unspecified atom stereocenters. The van der Waals surface area contributed by atoms with Crippen molar-refractivity contribution in [3.05, 3.63) is 59.5 Å². The van der Waals surface area contributed by atoms with E-state index in [1.165, 1.54) is 0 Å². The van der Waals surface area contributed by atoms with E-state index in [1.807, 2.05) is 43.6 Å². The molecule has 0 radical (unpaired) electrons. The van der Waals surface area contributed by atoms with E-state index in [0.717, 1.165) is 27.6 Å². The average Bonchev–Trinajstić information content (AvgIpc) is 2.38. The largest absolute Gasteiger partial charge is 0.264 e. The molecule has 3 heteroatoms. The highest BCUT2D eigenvalue weighted by Gasteiger charge is 2.07. The summed E-state index contributed by atoms with van der Waals surface area (Å²) < 4.78 is 0. The van der Waals surface area contributed by atoms with E-state index in [0.29, 0.717) is 5.02 Å². The molecule has 88 valence electrons. The van der Waals surface area contributed by atoms with Crippen molar-refractivity contribution in [1.29, 1.82) is 0 Å². The summed E-state index contributed by atoms with van der Waals surface area (Å²) in [4.78, 5) is 8.66. The van der Waals surface area contributed by atoms with Crippen molar-refractivity contribution >= 4 is 22.5 Å². The molecular formula is C15H11ClN2. The first kappa shape index (κ1) is 11.2. The molecule has 0 aliphatic rings. The normalized spacial score (nSPS) is 10.8. The number of fused-ring (bicyclic) bond motifs is 1. The Morgan fingerprint density at radius 2 is 2.00 bits per heavy atom. The first-order valence-electron chi connectivity index (χ1n) is 5.70. The van der Waals surface area contributed by atoms with Crippen molar-refractivity contribution in [2.45, 2.75) is 6.92 Å². The highest BCUT2D eigenvalue weighted by atomic mass is 35.5. The molecule has 0 saturated heterocycles. The van der Waals surface area contributed by atoms with E-state index >= 15 is 0 Å². The number of benzene rings is 1. The Kier molecular flexibility index (Phi) is 2.73. The molecule has 3 aromatic rings. The van der Waals surface area contributed by atoms with Crippen molar-refractivity contribution in [3.63, 3.8) is 0 Å². The van der Waals surface area contributed by atoms with Crippen LogP contribution in [0.25, 0.3) is 22.0 Å². The molecule has 3 rings (SSSR count). The van der Waals surface area contributed by atoms with Crippen LogP contribution >= 0.6 is 11.6 Å². The van der Waals surface area contributed by atoms with Crippen LogP contribution < -0.4 is 0 Å². The summed E-state index contributed by atoms with van der Waals surface area (Å²) >= 11 is 6.18. The quantitative estimate of drug-likeness (QED) is 0.648. The number of rotatable bonds is 1. The van der Waals surface area contributed by atoms with Crippen LogP contribution in [0.3, 0.4) is 0 Å². The summed E-state index contributed by atoms with van der Waals surface area (Å²) in [5, 5.41) is 1.77. The van der Waals surface area contributed by atoms with Gasteiger partial charge in [-0.1, -0.05) is 17.7 Å². The topological polar surface area (TPSA) is 25.8 Å². The minimum atomic E-state index is 0.716. The highest BCUT2D eigenvalue weighted by molar-refractivity contribution is 6.31. The van der Waals surface area contributed by atoms with Crippen LogP contribution in [0.15, 0.2) is 48.9 Å². The summed E-state index contributed by atoms with van der Waals surface area (Å²) in [6.07, 6.45) is 5.45. The molecular weight excluding hydrogens is 244 g/mol. The third-order valence-electron chi connectivity index (χ3n) is 2.86. The van der Waals surface area contributed by atoms with Crippen LogP contribution in [-0.2, 0) is 0 Å². The monoisotopic (exact) mass is 254 g/mol. The molecule has 18 heavy (non-hydrogen) atoms. The zero-order chi connectivity index (χ0) is 12.5. The fourth-order valence-electron chi connectivity index (χ4n) is 2.07. The number of halogens is 1. The van der Waals surface area contributed by atoms with Gasteiger partial charge in [0.25, 0.3) is 0 Å². The van der Waals surface area contributed by atoms with Crippen LogP contribution in [0.1, 0.15) is 5.56 Å². The Hall–Kier alpha value is -1.93. The molecule has 0 amide bonds. The summed E-state index contributed by atoms with van der Waals surface area (Å²) in [5.74, 6) is 0. The highest BCUT2D eigenvalue weighted by Crippen LogP contribution is 2.30. The molecule has 0 aliphatic heterocycles. The van der Waals surface area contributed by atoms with Gasteiger partial charge < -0.3 is 0 Å². The summed E-state index contributed by atoms with van der Waals surface area (Å²) in [6, 6.07) is 9.89. The second kappa shape index (κ2) is 4.39. The molecule has 0 aliphatic carbocycles. The molecule has 0 spiro atoms. The van der Waals surface area contributed by atoms with E-state index in [4.69, 9.17) is 11.6 Å². The fourth-order valence-corrected chi connectivity index (χ4v) is 2.29. The van der Waals surface area contributed by atoms with Gasteiger partial charge >= 0.3 is 0 Å². The van der Waals surface area contributed by atoms with E-state index < -0.39 is 0 Å². The number of hydrogen-bond acceptors (Lipinski definition) is 2. The van der Waals surface area contributed by atoms with Gasteiger partial charge in [-0.05, 0) is 36.8 Å². The van der Waals surface area contributed by atoms with E-state index in [1.54, 1.807) is 6.20 Å². The van der Waals surface area contributed by atoms with Gasteiger partial charge in [-0.3, -0.25) is 9.97 Å². The zero-order valence-electron chi connectivity index (χ0n) is 9.89. The van der Waals surface area contributed by atoms with Gasteiger partial charge in [0.05, 0.1) is 5.52 Å². The fraction of sp³-hybridized carbons (Fsp3) is 0.0667. The molecule has 0 saturated carbocycles. The predicted molar refractivity (Wildman–Crippen MR) is 74.7 cm³/mol. The van der Waals surface area contributed by atoms with Gasteiger partial charge in [-0.25, -0.2) is 0 Å². The lowest BCUT2D eigenvalue weighted by atomic mass is 10.0. The number of aromatic nitrogens is 2. The van der Waals surface area contributed by atoms with Gasteiger partial charge in [0.15, 0.2) is 0 Å². The second-order valence-electron chi connectivity index (χ2n) is 4.28. The van der Waals surface area contributed by atoms with E-state index in [-0.39, 0.29) is 0 Å². The summed E-state index contributed by atoms with van der Waals surface area (Å²) in [7, 11) is 0. The lowest BCUT2D eigenvalue weighted by molar-refractivity contribution is 1.31. The SMILES string of the molecule is Cc1cnc2c(-c3cccnc3)cc(Cl)cc2c1. The first-order chi connectivity index (χ1) is 8.74. The maximum absolute atomic E-state index is 6.18. The van der Waals surface area contributed by atoms with Crippen LogP contribution in [0.2, 0.25) is 5.02 Å². The Balaban J connectivity index is 2.35. The first-order valence-corrected chi connectivity index (χ1v) is 6.08. The maximum Gasteiger partial charge on any atom is 0.0782 e. The molecule has 0 bridgehead atoms. The van der Waals surface area contributed by atoms with Crippen molar-refractivity contribution in [2.24, 2.45) is 0 Å². The predicted octanol–water partition coefficient (Wildman–Crippen LogP) is 4.26. The van der Waals surface area contributed by atoms with Crippen molar-refractivity contribution < 1.29 is 0 Å². The van der Waals surface area contributed by atoms with Crippen molar-refractivity contribution in [3.8, 4) is 11.1 Å². The lowest BCUT2D eigenvalue weighted by Gasteiger charge is -2.07.